The molecule has 1 fully saturated rings. The molecule has 0 atom stereocenters. The molecule has 0 radical (unpaired) electrons. The molecule has 1 amide bonds. The predicted molar refractivity (Wildman–Crippen MR) is 177 cm³/mol. The van der Waals surface area contributed by atoms with Gasteiger partial charge in [-0.2, -0.15) is 0 Å². The van der Waals surface area contributed by atoms with Crippen molar-refractivity contribution in [2.45, 2.75) is 38.8 Å². The van der Waals surface area contributed by atoms with Gasteiger partial charge in [0.05, 0.1) is 6.54 Å². The number of carbonyl (C=O) groups is 3. The van der Waals surface area contributed by atoms with E-state index in [0.717, 1.165) is 40.8 Å². The molecule has 0 spiro atoms. The van der Waals surface area contributed by atoms with E-state index in [1.54, 1.807) is 56.7 Å². The largest absolute Gasteiger partial charge is 0.402 e. The van der Waals surface area contributed by atoms with Crippen LogP contribution in [-0.4, -0.2) is 57.4 Å². The Morgan fingerprint density at radius 3 is 2.44 bits per heavy atom. The fourth-order valence-electron chi connectivity index (χ4n) is 4.23. The summed E-state index contributed by atoms with van der Waals surface area (Å²) >= 11 is 0. The van der Waals surface area contributed by atoms with Crippen LogP contribution in [0.25, 0.3) is 5.57 Å². The molecule has 236 valence electrons. The Morgan fingerprint density at radius 1 is 1.13 bits per heavy atom. The smallest absolute Gasteiger partial charge is 0.284 e. The van der Waals surface area contributed by atoms with Gasteiger partial charge in [0.2, 0.25) is 6.29 Å². The lowest BCUT2D eigenvalue weighted by atomic mass is 9.97. The minimum absolute atomic E-state index is 0.0617. The number of nitrogens with zero attached hydrogens (tertiary/aromatic N) is 2. The van der Waals surface area contributed by atoms with Gasteiger partial charge in [-0.05, 0) is 93.2 Å². The number of allylic oxidation sites excluding steroid dienone is 2. The van der Waals surface area contributed by atoms with E-state index in [9.17, 15) is 18.8 Å². The first-order valence-electron chi connectivity index (χ1n) is 14.3. The van der Waals surface area contributed by atoms with Crippen LogP contribution in [0, 0.1) is 24.6 Å². The lowest BCUT2D eigenvalue weighted by molar-refractivity contribution is -0.131. The minimum Gasteiger partial charge on any atom is -0.402 e. The van der Waals surface area contributed by atoms with Crippen molar-refractivity contribution in [3.63, 3.8) is 0 Å². The van der Waals surface area contributed by atoms with E-state index in [0.29, 0.717) is 29.7 Å². The molecule has 1 saturated carbocycles. The number of nitrogens with two attached hydrogens (primary N) is 1. The van der Waals surface area contributed by atoms with Gasteiger partial charge in [0, 0.05) is 48.4 Å². The van der Waals surface area contributed by atoms with Crippen LogP contribution in [0.4, 0.5) is 4.39 Å². The Balaban J connectivity index is 0.000000243. The second kappa shape index (κ2) is 18.6. The number of aliphatic imine (C=N–C) groups is 1. The topological polar surface area (TPSA) is 139 Å². The Bertz CT molecular complexity index is 1580. The molecular weight excluding hydrogens is 571 g/mol. The summed E-state index contributed by atoms with van der Waals surface area (Å²) in [5.41, 5.74) is 12.2. The maximum Gasteiger partial charge on any atom is 0.284 e. The van der Waals surface area contributed by atoms with Crippen molar-refractivity contribution in [2.24, 2.45) is 10.7 Å². The van der Waals surface area contributed by atoms with Gasteiger partial charge >= 0.3 is 0 Å². The molecule has 1 aliphatic rings. The highest BCUT2D eigenvalue weighted by atomic mass is 19.1. The van der Waals surface area contributed by atoms with Crippen LogP contribution in [0.3, 0.4) is 0 Å². The molecule has 1 heterocycles. The van der Waals surface area contributed by atoms with Crippen molar-refractivity contribution in [1.29, 1.82) is 0 Å². The highest BCUT2D eigenvalue weighted by Crippen LogP contribution is 2.45. The van der Waals surface area contributed by atoms with Crippen LogP contribution in [-0.2, 0) is 21.7 Å². The Labute approximate surface area is 264 Å². The summed E-state index contributed by atoms with van der Waals surface area (Å²) in [5, 5.41) is 8.59. The summed E-state index contributed by atoms with van der Waals surface area (Å²) in [6.07, 6.45) is 6.42. The summed E-state index contributed by atoms with van der Waals surface area (Å²) in [4.78, 5) is 39.3. The summed E-state index contributed by atoms with van der Waals surface area (Å²) in [6.45, 7) is 4.70. The Morgan fingerprint density at radius 2 is 1.87 bits per heavy atom. The zero-order valence-corrected chi connectivity index (χ0v) is 26.4. The first kappa shape index (κ1) is 36.2. The second-order valence-corrected chi connectivity index (χ2v) is 10.2. The normalized spacial score (nSPS) is 13.0. The quantitative estimate of drug-likeness (QED) is 0.125. The molecule has 0 bridgehead atoms. The molecule has 45 heavy (non-hydrogen) atoms. The Kier molecular flexibility index (Phi) is 15.0. The zero-order chi connectivity index (χ0) is 33.2. The van der Waals surface area contributed by atoms with Gasteiger partial charge in [-0.15, -0.1) is 0 Å². The van der Waals surface area contributed by atoms with Crippen molar-refractivity contribution < 1.29 is 18.8 Å². The van der Waals surface area contributed by atoms with Crippen LogP contribution in [0.5, 0.6) is 0 Å². The summed E-state index contributed by atoms with van der Waals surface area (Å²) in [5.74, 6) is 5.03. The number of aryl methyl sites for hydroxylation is 1. The Hall–Kier alpha value is -4.98. The third kappa shape index (κ3) is 11.6. The number of amides is 1. The third-order valence-corrected chi connectivity index (χ3v) is 6.90. The van der Waals surface area contributed by atoms with Crippen LogP contribution < -0.4 is 21.7 Å². The van der Waals surface area contributed by atoms with E-state index in [1.807, 2.05) is 39.2 Å². The molecule has 9 nitrogen and oxygen atoms in total. The lowest BCUT2D eigenvalue weighted by Gasteiger charge is -2.16. The van der Waals surface area contributed by atoms with Crippen molar-refractivity contribution in [1.82, 2.24) is 20.9 Å². The minimum atomic E-state index is -0.689. The molecule has 0 unspecified atom stereocenters. The molecule has 4 rings (SSSR count). The molecule has 2 aromatic carbocycles. The first-order chi connectivity index (χ1) is 21.6. The van der Waals surface area contributed by atoms with Gasteiger partial charge in [-0.1, -0.05) is 36.3 Å². The van der Waals surface area contributed by atoms with Crippen LogP contribution in [0.2, 0.25) is 0 Å². The van der Waals surface area contributed by atoms with Crippen molar-refractivity contribution in [3.05, 3.63) is 106 Å². The number of aldehydes is 2. The first-order valence-corrected chi connectivity index (χ1v) is 14.3. The summed E-state index contributed by atoms with van der Waals surface area (Å²) < 4.78 is 13.9. The predicted octanol–water partition coefficient (Wildman–Crippen LogP) is 3.70. The fourth-order valence-corrected chi connectivity index (χ4v) is 4.23. The molecule has 3 aromatic rings. The van der Waals surface area contributed by atoms with E-state index < -0.39 is 5.91 Å². The van der Waals surface area contributed by atoms with Crippen molar-refractivity contribution in [2.75, 3.05) is 27.7 Å². The van der Waals surface area contributed by atoms with E-state index in [-0.39, 0.29) is 24.2 Å². The number of hydrogen-bond donors (Lipinski definition) is 4. The lowest BCUT2D eigenvalue weighted by Crippen LogP contribution is -2.24. The molecule has 10 heteroatoms. The van der Waals surface area contributed by atoms with Gasteiger partial charge in [0.1, 0.15) is 17.8 Å². The van der Waals surface area contributed by atoms with Gasteiger partial charge in [-0.3, -0.25) is 19.4 Å². The van der Waals surface area contributed by atoms with E-state index >= 15 is 0 Å². The number of aromatic nitrogens is 1. The SMILES string of the molecule is CN=C/C(=C(/C)N)c1cc(F)cc(C2(NC)CC2)c1.CNCC#Cc1ncccc1C.O=CC(=O)NCc1ccccc1C=O. The van der Waals surface area contributed by atoms with Crippen molar-refractivity contribution in [3.8, 4) is 11.8 Å². The molecule has 1 aromatic heterocycles. The number of nitrogens with one attached hydrogen (secondary N) is 3. The van der Waals surface area contributed by atoms with Gasteiger partial charge < -0.3 is 21.7 Å². The van der Waals surface area contributed by atoms with Gasteiger partial charge in [0.15, 0.2) is 0 Å². The number of benzene rings is 2. The number of halogens is 1. The molecular formula is C35H41FN6O3. The average molecular weight is 613 g/mol. The maximum atomic E-state index is 13.9. The highest BCUT2D eigenvalue weighted by Gasteiger charge is 2.43. The third-order valence-electron chi connectivity index (χ3n) is 6.90. The van der Waals surface area contributed by atoms with Crippen molar-refractivity contribution >= 4 is 30.3 Å². The molecule has 5 N–H and O–H groups in total. The van der Waals surface area contributed by atoms with E-state index in [4.69, 9.17) is 5.73 Å². The van der Waals surface area contributed by atoms with Crippen LogP contribution in [0.15, 0.2) is 71.5 Å². The fraction of sp³-hybridized carbons (Fsp3) is 0.286. The van der Waals surface area contributed by atoms with Crippen LogP contribution >= 0.6 is 0 Å². The summed E-state index contributed by atoms with van der Waals surface area (Å²) in [7, 11) is 5.47. The summed E-state index contributed by atoms with van der Waals surface area (Å²) in [6, 6.07) is 15.9. The number of rotatable bonds is 9. The van der Waals surface area contributed by atoms with Gasteiger partial charge in [0.25, 0.3) is 5.91 Å². The monoisotopic (exact) mass is 612 g/mol. The van der Waals surface area contributed by atoms with E-state index in [1.165, 1.54) is 6.07 Å². The standard InChI is InChI=1S/C15H20FN3.C10H12N2.C10H9NO3/c1-10(17)14(9-18-2)11-6-12(8-13(16)7-11)15(19-3)4-5-15;1-9-5-3-8-12-10(9)6-4-7-11-2;12-6-9-4-2-1-3-8(9)5-11-10(14)7-13/h6-9,19H,4-5,17H2,1-3H3;3,5,8,11H,7H2,1-2H3;1-4,6-7H,5H2,(H,11,14)/b14-10+,18-9?;;. The number of carbonyl (C=O) groups excluding carboxylic acids is 3. The number of hydrogen-bond acceptors (Lipinski definition) is 8. The maximum absolute atomic E-state index is 13.9. The molecule has 1 aliphatic carbocycles. The zero-order valence-electron chi connectivity index (χ0n) is 26.4. The average Bonchev–Trinajstić information content (AvgIpc) is 3.85. The second-order valence-electron chi connectivity index (χ2n) is 10.2. The molecule has 0 aliphatic heterocycles. The van der Waals surface area contributed by atoms with Gasteiger partial charge in [-0.25, -0.2) is 9.37 Å². The molecule has 0 saturated heterocycles. The number of pyridine rings is 1. The highest BCUT2D eigenvalue weighted by molar-refractivity contribution is 6.23. The van der Waals surface area contributed by atoms with E-state index in [2.05, 4.69) is 37.8 Å². The van der Waals surface area contributed by atoms with Crippen LogP contribution in [0.1, 0.15) is 58.1 Å².